The fourth-order valence-corrected chi connectivity index (χ4v) is 3.92. The Kier molecular flexibility index (Phi) is 6.38. The van der Waals surface area contributed by atoms with E-state index in [-0.39, 0.29) is 17.6 Å². The molecule has 4 aromatic rings. The van der Waals surface area contributed by atoms with Crippen LogP contribution in [0, 0.1) is 0 Å². The first-order valence-corrected chi connectivity index (χ1v) is 11.8. The molecule has 0 fully saturated rings. The number of ether oxygens (including phenoxy) is 1. The Morgan fingerprint density at radius 1 is 1.06 bits per heavy atom. The van der Waals surface area contributed by atoms with Crippen LogP contribution in [-0.4, -0.2) is 25.7 Å². The van der Waals surface area contributed by atoms with Crippen molar-refractivity contribution in [1.82, 2.24) is 9.97 Å². The van der Waals surface area contributed by atoms with Gasteiger partial charge in [0.15, 0.2) is 0 Å². The highest BCUT2D eigenvalue weighted by Crippen LogP contribution is 2.38. The minimum absolute atomic E-state index is 0.0236. The third kappa shape index (κ3) is 5.93. The number of phosphoric acid groups is 1. The SMILES string of the molecule is C=CC(=O)Nc1cccc(Oc2nc(Nc3ccc(OP(=O)(O)O)cc3)nc3ccsc23)c1. The average molecular weight is 484 g/mol. The molecule has 0 spiro atoms. The third-order valence-electron chi connectivity index (χ3n) is 4.11. The minimum Gasteiger partial charge on any atom is -0.437 e. The van der Waals surface area contributed by atoms with Crippen molar-refractivity contribution in [2.45, 2.75) is 0 Å². The molecule has 0 bridgehead atoms. The lowest BCUT2D eigenvalue weighted by Crippen LogP contribution is -2.07. The van der Waals surface area contributed by atoms with Gasteiger partial charge in [-0.1, -0.05) is 12.6 Å². The fraction of sp³-hybridized carbons (Fsp3) is 0. The molecule has 2 aromatic carbocycles. The van der Waals surface area contributed by atoms with Gasteiger partial charge in [0.1, 0.15) is 16.2 Å². The maximum atomic E-state index is 11.6. The highest BCUT2D eigenvalue weighted by molar-refractivity contribution is 7.46. The lowest BCUT2D eigenvalue weighted by Gasteiger charge is -2.11. The molecule has 0 aliphatic heterocycles. The van der Waals surface area contributed by atoms with E-state index in [4.69, 9.17) is 14.5 Å². The molecule has 0 aliphatic carbocycles. The van der Waals surface area contributed by atoms with E-state index < -0.39 is 7.82 Å². The van der Waals surface area contributed by atoms with Crippen LogP contribution in [0.15, 0.2) is 72.6 Å². The zero-order valence-electron chi connectivity index (χ0n) is 16.8. The van der Waals surface area contributed by atoms with Gasteiger partial charge in [-0.05, 0) is 53.9 Å². The molecule has 1 amide bonds. The van der Waals surface area contributed by atoms with Gasteiger partial charge in [-0.2, -0.15) is 4.98 Å². The Labute approximate surface area is 191 Å². The smallest absolute Gasteiger partial charge is 0.437 e. The standard InChI is InChI=1S/C21H17N4O6PS/c1-2-18(26)22-14-4-3-5-16(12-14)30-20-19-17(10-11-33-19)24-21(25-20)23-13-6-8-15(9-7-13)31-32(27,28)29/h2-12H,1H2,(H,22,26)(H,23,24,25)(H2,27,28,29). The van der Waals surface area contributed by atoms with Gasteiger partial charge < -0.3 is 19.9 Å². The zero-order valence-corrected chi connectivity index (χ0v) is 18.5. The van der Waals surface area contributed by atoms with Crippen molar-refractivity contribution in [2.24, 2.45) is 0 Å². The van der Waals surface area contributed by atoms with Crippen LogP contribution in [0.4, 0.5) is 17.3 Å². The van der Waals surface area contributed by atoms with E-state index in [1.165, 1.54) is 29.5 Å². The molecule has 0 radical (unpaired) electrons. The van der Waals surface area contributed by atoms with Crippen LogP contribution in [0.1, 0.15) is 0 Å². The zero-order chi connectivity index (χ0) is 23.4. The van der Waals surface area contributed by atoms with Gasteiger partial charge in [0.25, 0.3) is 0 Å². The van der Waals surface area contributed by atoms with E-state index >= 15 is 0 Å². The number of phosphoric ester groups is 1. The molecular weight excluding hydrogens is 467 g/mol. The van der Waals surface area contributed by atoms with Crippen molar-refractivity contribution in [1.29, 1.82) is 0 Å². The molecule has 168 valence electrons. The van der Waals surface area contributed by atoms with Crippen molar-refractivity contribution in [3.63, 3.8) is 0 Å². The van der Waals surface area contributed by atoms with Gasteiger partial charge in [0.05, 0.1) is 5.52 Å². The minimum atomic E-state index is -4.63. The fourth-order valence-electron chi connectivity index (χ4n) is 2.77. The van der Waals surface area contributed by atoms with Crippen LogP contribution < -0.4 is 19.9 Å². The average Bonchev–Trinajstić information content (AvgIpc) is 3.23. The Morgan fingerprint density at radius 3 is 2.58 bits per heavy atom. The maximum absolute atomic E-state index is 11.6. The quantitative estimate of drug-likeness (QED) is 0.204. The maximum Gasteiger partial charge on any atom is 0.524 e. The predicted molar refractivity (Wildman–Crippen MR) is 125 cm³/mol. The first-order chi connectivity index (χ1) is 15.8. The molecule has 33 heavy (non-hydrogen) atoms. The van der Waals surface area contributed by atoms with Gasteiger partial charge in [0, 0.05) is 17.4 Å². The Hall–Kier alpha value is -3.76. The number of carbonyl (C=O) groups excluding carboxylic acids is 1. The van der Waals surface area contributed by atoms with Crippen LogP contribution in [0.3, 0.4) is 0 Å². The summed E-state index contributed by atoms with van der Waals surface area (Å²) < 4.78 is 22.2. The number of aromatic nitrogens is 2. The van der Waals surface area contributed by atoms with Gasteiger partial charge in [-0.15, -0.1) is 11.3 Å². The number of thiophene rings is 1. The highest BCUT2D eigenvalue weighted by atomic mass is 32.1. The number of carbonyl (C=O) groups is 1. The summed E-state index contributed by atoms with van der Waals surface area (Å²) in [5.74, 6) is 0.742. The molecule has 0 aliphatic rings. The Bertz CT molecular complexity index is 1370. The monoisotopic (exact) mass is 484 g/mol. The molecular formula is C21H17N4O6PS. The first-order valence-electron chi connectivity index (χ1n) is 9.38. The second kappa shape index (κ2) is 9.39. The lowest BCUT2D eigenvalue weighted by atomic mass is 10.3. The summed E-state index contributed by atoms with van der Waals surface area (Å²) in [7, 11) is -4.63. The summed E-state index contributed by atoms with van der Waals surface area (Å²) in [6, 6.07) is 14.6. The van der Waals surface area contributed by atoms with Crippen molar-refractivity contribution in [2.75, 3.05) is 10.6 Å². The summed E-state index contributed by atoms with van der Waals surface area (Å²) in [4.78, 5) is 38.3. The van der Waals surface area contributed by atoms with E-state index in [0.29, 0.717) is 28.5 Å². The van der Waals surface area contributed by atoms with Crippen molar-refractivity contribution >= 4 is 52.6 Å². The molecule has 0 unspecified atom stereocenters. The number of amides is 1. The van der Waals surface area contributed by atoms with E-state index in [2.05, 4.69) is 31.7 Å². The lowest BCUT2D eigenvalue weighted by molar-refractivity contribution is -0.111. The number of hydrogen-bond donors (Lipinski definition) is 4. The number of rotatable bonds is 8. The summed E-state index contributed by atoms with van der Waals surface area (Å²) in [6.07, 6.45) is 1.18. The summed E-state index contributed by atoms with van der Waals surface area (Å²) in [5, 5.41) is 7.57. The van der Waals surface area contributed by atoms with Gasteiger partial charge in [0.2, 0.25) is 17.7 Å². The number of anilines is 3. The summed E-state index contributed by atoms with van der Waals surface area (Å²) in [6.45, 7) is 3.43. The molecule has 12 heteroatoms. The van der Waals surface area contributed by atoms with E-state index in [1.54, 1.807) is 36.4 Å². The van der Waals surface area contributed by atoms with Crippen LogP contribution in [0.2, 0.25) is 0 Å². The highest BCUT2D eigenvalue weighted by Gasteiger charge is 2.16. The number of fused-ring (bicyclic) bond motifs is 1. The van der Waals surface area contributed by atoms with Crippen molar-refractivity contribution in [3.8, 4) is 17.4 Å². The number of nitrogens with one attached hydrogen (secondary N) is 2. The van der Waals surface area contributed by atoms with Gasteiger partial charge in [-0.25, -0.2) is 9.55 Å². The van der Waals surface area contributed by atoms with Crippen molar-refractivity contribution in [3.05, 3.63) is 72.6 Å². The molecule has 10 nitrogen and oxygen atoms in total. The topological polar surface area (TPSA) is 143 Å². The van der Waals surface area contributed by atoms with Crippen LogP contribution in [-0.2, 0) is 9.36 Å². The molecule has 0 saturated heterocycles. The van der Waals surface area contributed by atoms with Gasteiger partial charge >= 0.3 is 7.82 Å². The number of hydrogen-bond acceptors (Lipinski definition) is 8. The summed E-state index contributed by atoms with van der Waals surface area (Å²) >= 11 is 1.42. The Balaban J connectivity index is 1.57. The normalized spacial score (nSPS) is 11.1. The molecule has 2 heterocycles. The first kappa shape index (κ1) is 22.4. The Morgan fingerprint density at radius 2 is 1.85 bits per heavy atom. The van der Waals surface area contributed by atoms with E-state index in [9.17, 15) is 9.36 Å². The molecule has 2 aromatic heterocycles. The molecule has 4 rings (SSSR count). The van der Waals surface area contributed by atoms with E-state index in [0.717, 1.165) is 4.70 Å². The number of benzene rings is 2. The number of nitrogens with zero attached hydrogens (tertiary/aromatic N) is 2. The third-order valence-corrected chi connectivity index (χ3v) is 5.45. The second-order valence-electron chi connectivity index (χ2n) is 6.54. The molecule has 0 atom stereocenters. The van der Waals surface area contributed by atoms with Crippen molar-refractivity contribution < 1.29 is 28.4 Å². The van der Waals surface area contributed by atoms with Gasteiger partial charge in [-0.3, -0.25) is 14.6 Å². The van der Waals surface area contributed by atoms with E-state index in [1.807, 2.05) is 11.4 Å². The van der Waals surface area contributed by atoms with Crippen LogP contribution >= 0.6 is 19.2 Å². The van der Waals surface area contributed by atoms with Crippen LogP contribution in [0.5, 0.6) is 17.4 Å². The largest absolute Gasteiger partial charge is 0.524 e. The summed E-state index contributed by atoms with van der Waals surface area (Å²) in [5.41, 5.74) is 1.79. The molecule has 0 saturated carbocycles. The van der Waals surface area contributed by atoms with Crippen LogP contribution in [0.25, 0.3) is 10.2 Å². The predicted octanol–water partition coefficient (Wildman–Crippen LogP) is 4.82. The molecule has 4 N–H and O–H groups in total. The second-order valence-corrected chi connectivity index (χ2v) is 8.62.